The summed E-state index contributed by atoms with van der Waals surface area (Å²) in [7, 11) is 0. The SMILES string of the molecule is O=C(c1nccc2ccccc12)N1CCCC[C@H]1c1ccn2ccnc2n1. The van der Waals surface area contributed by atoms with Gasteiger partial charge in [0.25, 0.3) is 5.91 Å². The first-order chi connectivity index (χ1) is 13.3. The average Bonchev–Trinajstić information content (AvgIpc) is 3.21. The van der Waals surface area contributed by atoms with Crippen molar-refractivity contribution < 1.29 is 4.79 Å². The average molecular weight is 357 g/mol. The molecule has 1 aliphatic rings. The number of carbonyl (C=O) groups is 1. The van der Waals surface area contributed by atoms with Crippen molar-refractivity contribution in [2.24, 2.45) is 0 Å². The van der Waals surface area contributed by atoms with Crippen LogP contribution in [0.4, 0.5) is 0 Å². The zero-order valence-electron chi connectivity index (χ0n) is 14.8. The van der Waals surface area contributed by atoms with Crippen molar-refractivity contribution in [3.63, 3.8) is 0 Å². The first-order valence-corrected chi connectivity index (χ1v) is 9.25. The molecule has 1 aromatic carbocycles. The molecule has 27 heavy (non-hydrogen) atoms. The van der Waals surface area contributed by atoms with Crippen LogP contribution >= 0.6 is 0 Å². The number of aromatic nitrogens is 4. The molecule has 6 heteroatoms. The fourth-order valence-electron chi connectivity index (χ4n) is 3.91. The lowest BCUT2D eigenvalue weighted by Gasteiger charge is -2.35. The molecule has 0 spiro atoms. The number of carbonyl (C=O) groups excluding carboxylic acids is 1. The highest BCUT2D eigenvalue weighted by Gasteiger charge is 2.31. The second-order valence-electron chi connectivity index (χ2n) is 6.88. The monoisotopic (exact) mass is 357 g/mol. The fraction of sp³-hybridized carbons (Fsp3) is 0.238. The number of nitrogens with zero attached hydrogens (tertiary/aromatic N) is 5. The summed E-state index contributed by atoms with van der Waals surface area (Å²) in [5, 5.41) is 1.92. The summed E-state index contributed by atoms with van der Waals surface area (Å²) in [6.45, 7) is 0.718. The lowest BCUT2D eigenvalue weighted by Crippen LogP contribution is -2.39. The van der Waals surface area contributed by atoms with Crippen LogP contribution in [0.1, 0.15) is 41.5 Å². The number of benzene rings is 1. The molecule has 1 fully saturated rings. The number of imidazole rings is 1. The quantitative estimate of drug-likeness (QED) is 0.549. The van der Waals surface area contributed by atoms with E-state index in [-0.39, 0.29) is 11.9 Å². The Balaban J connectivity index is 1.55. The number of likely N-dealkylation sites (tertiary alicyclic amines) is 1. The van der Waals surface area contributed by atoms with Gasteiger partial charge in [0.1, 0.15) is 5.69 Å². The number of hydrogen-bond acceptors (Lipinski definition) is 4. The Bertz CT molecular complexity index is 1130. The van der Waals surface area contributed by atoms with Crippen molar-refractivity contribution in [1.82, 2.24) is 24.3 Å². The topological polar surface area (TPSA) is 63.4 Å². The van der Waals surface area contributed by atoms with Crippen LogP contribution in [0.5, 0.6) is 0 Å². The largest absolute Gasteiger partial charge is 0.329 e. The van der Waals surface area contributed by atoms with Crippen LogP contribution in [0.25, 0.3) is 16.6 Å². The summed E-state index contributed by atoms with van der Waals surface area (Å²) >= 11 is 0. The summed E-state index contributed by atoms with van der Waals surface area (Å²) in [4.78, 5) is 28.7. The van der Waals surface area contributed by atoms with Gasteiger partial charge in [-0.2, -0.15) is 0 Å². The standard InChI is InChI=1S/C21H19N5O/c27-20(19-16-6-2-1-5-15(16)8-10-22-19)26-12-4-3-7-18(26)17-9-13-25-14-11-23-21(25)24-17/h1-2,5-6,8-11,13-14,18H,3-4,7,12H2/t18-/m0/s1. The van der Waals surface area contributed by atoms with E-state index in [9.17, 15) is 4.79 Å². The molecule has 0 radical (unpaired) electrons. The molecule has 1 amide bonds. The number of fused-ring (bicyclic) bond motifs is 2. The second-order valence-corrected chi connectivity index (χ2v) is 6.88. The number of amides is 1. The highest BCUT2D eigenvalue weighted by Crippen LogP contribution is 2.32. The molecule has 4 aromatic rings. The van der Waals surface area contributed by atoms with Crippen LogP contribution in [0, 0.1) is 0 Å². The smallest absolute Gasteiger partial charge is 0.273 e. The summed E-state index contributed by atoms with van der Waals surface area (Å²) in [6.07, 6.45) is 10.3. The molecule has 0 N–H and O–H groups in total. The van der Waals surface area contributed by atoms with Gasteiger partial charge >= 0.3 is 0 Å². The minimum absolute atomic E-state index is 0.0264. The van der Waals surface area contributed by atoms with Gasteiger partial charge in [-0.05, 0) is 36.8 Å². The molecule has 1 atom stereocenters. The molecule has 0 saturated carbocycles. The fourth-order valence-corrected chi connectivity index (χ4v) is 3.91. The van der Waals surface area contributed by atoms with Gasteiger partial charge < -0.3 is 4.90 Å². The molecule has 134 valence electrons. The molecular weight excluding hydrogens is 338 g/mol. The van der Waals surface area contributed by atoms with Crippen molar-refractivity contribution in [2.45, 2.75) is 25.3 Å². The van der Waals surface area contributed by atoms with Gasteiger partial charge in [-0.3, -0.25) is 14.2 Å². The lowest BCUT2D eigenvalue weighted by atomic mass is 9.98. The van der Waals surface area contributed by atoms with Gasteiger partial charge in [0.05, 0.1) is 11.7 Å². The Kier molecular flexibility index (Phi) is 3.81. The van der Waals surface area contributed by atoms with Crippen molar-refractivity contribution >= 4 is 22.5 Å². The molecular formula is C21H19N5O. The van der Waals surface area contributed by atoms with Crippen molar-refractivity contribution in [2.75, 3.05) is 6.54 Å². The molecule has 5 rings (SSSR count). The van der Waals surface area contributed by atoms with Gasteiger partial charge in [0.2, 0.25) is 5.78 Å². The molecule has 3 aromatic heterocycles. The minimum atomic E-state index is -0.0475. The van der Waals surface area contributed by atoms with E-state index in [0.717, 1.165) is 42.3 Å². The Hall–Kier alpha value is -3.28. The van der Waals surface area contributed by atoms with E-state index in [4.69, 9.17) is 0 Å². The Morgan fingerprint density at radius 2 is 1.93 bits per heavy atom. The Morgan fingerprint density at radius 3 is 2.89 bits per heavy atom. The van der Waals surface area contributed by atoms with E-state index in [1.54, 1.807) is 12.4 Å². The molecule has 1 saturated heterocycles. The molecule has 4 heterocycles. The van der Waals surface area contributed by atoms with Gasteiger partial charge in [0.15, 0.2) is 0 Å². The van der Waals surface area contributed by atoms with E-state index in [2.05, 4.69) is 15.0 Å². The number of rotatable bonds is 2. The summed E-state index contributed by atoms with van der Waals surface area (Å²) in [6, 6.07) is 11.8. The van der Waals surface area contributed by atoms with E-state index < -0.39 is 0 Å². The van der Waals surface area contributed by atoms with E-state index >= 15 is 0 Å². The third-order valence-corrected chi connectivity index (χ3v) is 5.26. The Labute approximate surface area is 156 Å². The maximum Gasteiger partial charge on any atom is 0.273 e. The van der Waals surface area contributed by atoms with Crippen molar-refractivity contribution in [3.8, 4) is 0 Å². The number of hydrogen-bond donors (Lipinski definition) is 0. The highest BCUT2D eigenvalue weighted by molar-refractivity contribution is 6.05. The molecule has 0 unspecified atom stereocenters. The van der Waals surface area contributed by atoms with Gasteiger partial charge in [-0.15, -0.1) is 0 Å². The summed E-state index contributed by atoms with van der Waals surface area (Å²) in [5.41, 5.74) is 1.41. The van der Waals surface area contributed by atoms with Gasteiger partial charge in [-0.25, -0.2) is 9.97 Å². The molecule has 6 nitrogen and oxygen atoms in total. The normalized spacial score (nSPS) is 17.5. The predicted octanol–water partition coefficient (Wildman–Crippen LogP) is 3.64. The van der Waals surface area contributed by atoms with Gasteiger partial charge in [-0.1, -0.05) is 24.3 Å². The molecule has 0 aliphatic carbocycles. The predicted molar refractivity (Wildman–Crippen MR) is 102 cm³/mol. The van der Waals surface area contributed by atoms with E-state index in [0.29, 0.717) is 11.5 Å². The molecule has 1 aliphatic heterocycles. The second kappa shape index (κ2) is 6.46. The van der Waals surface area contributed by atoms with E-state index in [1.807, 2.05) is 58.1 Å². The maximum atomic E-state index is 13.4. The van der Waals surface area contributed by atoms with Crippen LogP contribution in [0.3, 0.4) is 0 Å². The zero-order valence-corrected chi connectivity index (χ0v) is 14.8. The van der Waals surface area contributed by atoms with Crippen LogP contribution in [-0.4, -0.2) is 36.7 Å². The van der Waals surface area contributed by atoms with Crippen LogP contribution in [-0.2, 0) is 0 Å². The summed E-state index contributed by atoms with van der Waals surface area (Å²) in [5.74, 6) is 0.635. The van der Waals surface area contributed by atoms with Gasteiger partial charge in [0, 0.05) is 36.7 Å². The zero-order chi connectivity index (χ0) is 18.2. The third-order valence-electron chi connectivity index (χ3n) is 5.26. The van der Waals surface area contributed by atoms with Crippen LogP contribution in [0.2, 0.25) is 0 Å². The lowest BCUT2D eigenvalue weighted by molar-refractivity contribution is 0.0602. The highest BCUT2D eigenvalue weighted by atomic mass is 16.2. The van der Waals surface area contributed by atoms with Crippen molar-refractivity contribution in [3.05, 3.63) is 72.6 Å². The minimum Gasteiger partial charge on any atom is -0.329 e. The number of pyridine rings is 1. The number of piperidine rings is 1. The first-order valence-electron chi connectivity index (χ1n) is 9.25. The van der Waals surface area contributed by atoms with Crippen molar-refractivity contribution in [1.29, 1.82) is 0 Å². The molecule has 0 bridgehead atoms. The first kappa shape index (κ1) is 15.9. The van der Waals surface area contributed by atoms with Crippen LogP contribution < -0.4 is 0 Å². The van der Waals surface area contributed by atoms with Crippen LogP contribution in [0.15, 0.2) is 61.2 Å². The third kappa shape index (κ3) is 2.73. The maximum absolute atomic E-state index is 13.4. The Morgan fingerprint density at radius 1 is 1.00 bits per heavy atom. The summed E-state index contributed by atoms with van der Waals surface area (Å²) < 4.78 is 1.88. The van der Waals surface area contributed by atoms with E-state index in [1.165, 1.54) is 0 Å².